The first-order valence-corrected chi connectivity index (χ1v) is 6.07. The lowest BCUT2D eigenvalue weighted by Crippen LogP contribution is -2.11. The molecule has 1 aromatic heterocycles. The largest absolute Gasteiger partial charge is 0.378 e. The molecule has 1 atom stereocenters. The number of hydrogen-bond donors (Lipinski definition) is 2. The number of nitrogens with one attached hydrogen (secondary N) is 1. The van der Waals surface area contributed by atoms with Crippen LogP contribution in [0.15, 0.2) is 30.6 Å². The number of aryl methyl sites for hydroxylation is 1. The zero-order chi connectivity index (χ0) is 14.7. The second kappa shape index (κ2) is 5.52. The number of hydrogen-bond acceptors (Lipinski definition) is 6. The maximum absolute atomic E-state index is 11.0. The topological polar surface area (TPSA) is 107 Å². The first-order valence-electron chi connectivity index (χ1n) is 6.07. The molecule has 0 amide bonds. The number of nitrogens with two attached hydrogens (primary N) is 1. The van der Waals surface area contributed by atoms with E-state index in [2.05, 4.69) is 15.3 Å². The molecule has 3 N–H and O–H groups in total. The number of nitrogens with zero attached hydrogens (tertiary/aromatic N) is 3. The highest BCUT2D eigenvalue weighted by molar-refractivity contribution is 5.67. The molecule has 0 aliphatic heterocycles. The highest BCUT2D eigenvalue weighted by atomic mass is 16.6. The quantitative estimate of drug-likeness (QED) is 0.654. The van der Waals surface area contributed by atoms with Crippen molar-refractivity contribution in [3.63, 3.8) is 0 Å². The molecule has 1 unspecified atom stereocenters. The summed E-state index contributed by atoms with van der Waals surface area (Å²) in [5, 5.41) is 14.0. The molecule has 0 saturated carbocycles. The van der Waals surface area contributed by atoms with E-state index in [1.807, 2.05) is 38.1 Å². The Hall–Kier alpha value is -2.70. The average molecular weight is 273 g/mol. The molecule has 1 aromatic carbocycles. The van der Waals surface area contributed by atoms with Crippen molar-refractivity contribution >= 4 is 17.3 Å². The van der Waals surface area contributed by atoms with E-state index < -0.39 is 4.92 Å². The maximum Gasteiger partial charge on any atom is 0.353 e. The van der Waals surface area contributed by atoms with Crippen molar-refractivity contribution in [1.29, 1.82) is 0 Å². The van der Waals surface area contributed by atoms with Gasteiger partial charge in [-0.15, -0.1) is 0 Å². The van der Waals surface area contributed by atoms with Crippen LogP contribution in [0.2, 0.25) is 0 Å². The van der Waals surface area contributed by atoms with E-state index in [1.165, 1.54) is 6.33 Å². The van der Waals surface area contributed by atoms with Gasteiger partial charge in [-0.3, -0.25) is 10.1 Å². The Labute approximate surface area is 116 Å². The summed E-state index contributed by atoms with van der Waals surface area (Å²) in [7, 11) is 0. The minimum atomic E-state index is -0.584. The van der Waals surface area contributed by atoms with E-state index in [0.29, 0.717) is 0 Å². The number of nitro groups is 1. The Kier molecular flexibility index (Phi) is 3.79. The van der Waals surface area contributed by atoms with Crippen LogP contribution in [0.25, 0.3) is 0 Å². The van der Waals surface area contributed by atoms with Gasteiger partial charge in [0.2, 0.25) is 11.6 Å². The Bertz CT molecular complexity index is 627. The normalized spacial score (nSPS) is 11.9. The van der Waals surface area contributed by atoms with Crippen molar-refractivity contribution in [1.82, 2.24) is 9.97 Å². The number of anilines is 2. The SMILES string of the molecule is Cc1ccc(C(C)Nc2ncnc(N)c2[N+](=O)[O-])cc1. The van der Waals surface area contributed by atoms with Crippen LogP contribution in [-0.2, 0) is 0 Å². The summed E-state index contributed by atoms with van der Waals surface area (Å²) in [5.74, 6) is -0.0285. The first kappa shape index (κ1) is 13.7. The number of nitrogen functional groups attached to an aromatic ring is 1. The molecule has 7 nitrogen and oxygen atoms in total. The molecule has 7 heteroatoms. The highest BCUT2D eigenvalue weighted by Crippen LogP contribution is 2.29. The summed E-state index contributed by atoms with van der Waals surface area (Å²) >= 11 is 0. The van der Waals surface area contributed by atoms with Gasteiger partial charge in [-0.2, -0.15) is 0 Å². The van der Waals surface area contributed by atoms with Crippen molar-refractivity contribution < 1.29 is 4.92 Å². The van der Waals surface area contributed by atoms with Crippen LogP contribution in [-0.4, -0.2) is 14.9 Å². The van der Waals surface area contributed by atoms with Gasteiger partial charge in [0.25, 0.3) is 0 Å². The number of rotatable bonds is 4. The maximum atomic E-state index is 11.0. The summed E-state index contributed by atoms with van der Waals surface area (Å²) in [5.41, 5.74) is 7.38. The van der Waals surface area contributed by atoms with Gasteiger partial charge >= 0.3 is 5.69 Å². The van der Waals surface area contributed by atoms with Crippen LogP contribution in [0, 0.1) is 17.0 Å². The van der Waals surface area contributed by atoms with Crippen LogP contribution in [0.5, 0.6) is 0 Å². The standard InChI is InChI=1S/C13H15N5O2/c1-8-3-5-10(6-4-8)9(2)17-13-11(18(19)20)12(14)15-7-16-13/h3-7,9H,1-2H3,(H3,14,15,16,17). The highest BCUT2D eigenvalue weighted by Gasteiger charge is 2.22. The number of benzene rings is 1. The summed E-state index contributed by atoms with van der Waals surface area (Å²) < 4.78 is 0. The fourth-order valence-corrected chi connectivity index (χ4v) is 1.82. The van der Waals surface area contributed by atoms with E-state index in [0.717, 1.165) is 11.1 Å². The van der Waals surface area contributed by atoms with E-state index >= 15 is 0 Å². The fraction of sp³-hybridized carbons (Fsp3) is 0.231. The second-order valence-corrected chi connectivity index (χ2v) is 4.49. The molecular weight excluding hydrogens is 258 g/mol. The molecule has 0 aliphatic carbocycles. The lowest BCUT2D eigenvalue weighted by Gasteiger charge is -2.15. The molecule has 0 saturated heterocycles. The first-order chi connectivity index (χ1) is 9.49. The van der Waals surface area contributed by atoms with Crippen molar-refractivity contribution in [2.75, 3.05) is 11.1 Å². The Morgan fingerprint density at radius 1 is 1.30 bits per heavy atom. The molecular formula is C13H15N5O2. The third-order valence-corrected chi connectivity index (χ3v) is 2.96. The van der Waals surface area contributed by atoms with Crippen LogP contribution in [0.1, 0.15) is 24.1 Å². The molecule has 0 fully saturated rings. The molecule has 0 bridgehead atoms. The summed E-state index contributed by atoms with van der Waals surface area (Å²) in [6.45, 7) is 3.89. The molecule has 0 radical (unpaired) electrons. The zero-order valence-electron chi connectivity index (χ0n) is 11.2. The van der Waals surface area contributed by atoms with Gasteiger partial charge < -0.3 is 11.1 Å². The van der Waals surface area contributed by atoms with E-state index in [1.54, 1.807) is 0 Å². The predicted octanol–water partition coefficient (Wildman–Crippen LogP) is 2.45. The van der Waals surface area contributed by atoms with Gasteiger partial charge in [-0.05, 0) is 19.4 Å². The Morgan fingerprint density at radius 2 is 1.95 bits per heavy atom. The smallest absolute Gasteiger partial charge is 0.353 e. The van der Waals surface area contributed by atoms with Crippen molar-refractivity contribution in [3.05, 3.63) is 51.8 Å². The van der Waals surface area contributed by atoms with E-state index in [9.17, 15) is 10.1 Å². The molecule has 104 valence electrons. The molecule has 0 aliphatic rings. The zero-order valence-corrected chi connectivity index (χ0v) is 11.2. The van der Waals surface area contributed by atoms with Crippen LogP contribution in [0.4, 0.5) is 17.3 Å². The van der Waals surface area contributed by atoms with Gasteiger partial charge in [-0.1, -0.05) is 29.8 Å². The molecule has 1 heterocycles. The molecule has 2 aromatic rings. The van der Waals surface area contributed by atoms with Gasteiger partial charge in [-0.25, -0.2) is 9.97 Å². The summed E-state index contributed by atoms with van der Waals surface area (Å²) in [4.78, 5) is 18.0. The van der Waals surface area contributed by atoms with Crippen LogP contribution in [0.3, 0.4) is 0 Å². The minimum absolute atomic E-state index is 0.121. The van der Waals surface area contributed by atoms with E-state index in [-0.39, 0.29) is 23.4 Å². The van der Waals surface area contributed by atoms with Gasteiger partial charge in [0.15, 0.2) is 0 Å². The lowest BCUT2D eigenvalue weighted by atomic mass is 10.1. The Balaban J connectivity index is 2.28. The average Bonchev–Trinajstić information content (AvgIpc) is 2.39. The molecule has 2 rings (SSSR count). The predicted molar refractivity (Wildman–Crippen MR) is 76.3 cm³/mol. The van der Waals surface area contributed by atoms with Gasteiger partial charge in [0.05, 0.1) is 11.0 Å². The lowest BCUT2D eigenvalue weighted by molar-refractivity contribution is -0.383. The molecule has 20 heavy (non-hydrogen) atoms. The van der Waals surface area contributed by atoms with Crippen molar-refractivity contribution in [3.8, 4) is 0 Å². The van der Waals surface area contributed by atoms with Crippen LogP contribution >= 0.6 is 0 Å². The fourth-order valence-electron chi connectivity index (χ4n) is 1.82. The van der Waals surface area contributed by atoms with Crippen LogP contribution < -0.4 is 11.1 Å². The van der Waals surface area contributed by atoms with E-state index in [4.69, 9.17) is 5.73 Å². The third-order valence-electron chi connectivity index (χ3n) is 2.96. The third kappa shape index (κ3) is 2.82. The Morgan fingerprint density at radius 3 is 2.55 bits per heavy atom. The molecule has 0 spiro atoms. The number of aromatic nitrogens is 2. The summed E-state index contributed by atoms with van der Waals surface area (Å²) in [6.07, 6.45) is 1.20. The second-order valence-electron chi connectivity index (χ2n) is 4.49. The van der Waals surface area contributed by atoms with Crippen molar-refractivity contribution in [2.45, 2.75) is 19.9 Å². The van der Waals surface area contributed by atoms with Crippen molar-refractivity contribution in [2.24, 2.45) is 0 Å². The monoisotopic (exact) mass is 273 g/mol. The van der Waals surface area contributed by atoms with Gasteiger partial charge in [0.1, 0.15) is 6.33 Å². The minimum Gasteiger partial charge on any atom is -0.378 e. The van der Waals surface area contributed by atoms with Gasteiger partial charge in [0, 0.05) is 0 Å². The summed E-state index contributed by atoms with van der Waals surface area (Å²) in [6, 6.07) is 7.75.